The molecule has 2 atom stereocenters. The van der Waals surface area contributed by atoms with Gasteiger partial charge < -0.3 is 0 Å². The first-order valence-corrected chi connectivity index (χ1v) is 7.15. The third kappa shape index (κ3) is 3.11. The van der Waals surface area contributed by atoms with Gasteiger partial charge in [-0.3, -0.25) is 9.80 Å². The minimum atomic E-state index is -0.195. The van der Waals surface area contributed by atoms with Gasteiger partial charge in [-0.05, 0) is 54.5 Å². The molecule has 2 unspecified atom stereocenters. The molecule has 0 bridgehead atoms. The monoisotopic (exact) mass is 314 g/mol. The lowest BCUT2D eigenvalue weighted by Gasteiger charge is -2.42. The summed E-state index contributed by atoms with van der Waals surface area (Å²) in [5, 5.41) is 0. The Morgan fingerprint density at radius 1 is 1.28 bits per heavy atom. The summed E-state index contributed by atoms with van der Waals surface area (Å²) in [7, 11) is 2.18. The van der Waals surface area contributed by atoms with Crippen LogP contribution >= 0.6 is 15.9 Å². The van der Waals surface area contributed by atoms with E-state index in [-0.39, 0.29) is 5.82 Å². The zero-order chi connectivity index (χ0) is 13.3. The van der Waals surface area contributed by atoms with Crippen molar-refractivity contribution in [3.05, 3.63) is 34.1 Å². The van der Waals surface area contributed by atoms with Gasteiger partial charge in [0.1, 0.15) is 5.82 Å². The van der Waals surface area contributed by atoms with Crippen LogP contribution in [-0.2, 0) is 6.54 Å². The van der Waals surface area contributed by atoms with Crippen LogP contribution in [0.3, 0.4) is 0 Å². The Balaban J connectivity index is 2.03. The van der Waals surface area contributed by atoms with E-state index >= 15 is 0 Å². The molecule has 0 N–H and O–H groups in total. The maximum Gasteiger partial charge on any atom is 0.137 e. The highest BCUT2D eigenvalue weighted by atomic mass is 79.9. The van der Waals surface area contributed by atoms with Crippen LogP contribution in [0.15, 0.2) is 22.7 Å². The Morgan fingerprint density at radius 3 is 2.44 bits per heavy atom. The standard InChI is InChI=1S/C14H20BrFN2/c1-10-7-18(8-11(2)17(10)3)9-12-4-5-14(16)13(15)6-12/h4-6,10-11H,7-9H2,1-3H3. The molecule has 1 aromatic rings. The Kier molecular flexibility index (Phi) is 4.41. The summed E-state index contributed by atoms with van der Waals surface area (Å²) >= 11 is 3.24. The number of piperazine rings is 1. The molecule has 1 aromatic carbocycles. The Morgan fingerprint density at radius 2 is 1.89 bits per heavy atom. The van der Waals surface area contributed by atoms with Gasteiger partial charge in [0.15, 0.2) is 0 Å². The number of rotatable bonds is 2. The molecule has 0 radical (unpaired) electrons. The lowest BCUT2D eigenvalue weighted by atomic mass is 10.1. The smallest absolute Gasteiger partial charge is 0.137 e. The molecule has 0 saturated carbocycles. The number of likely N-dealkylation sites (N-methyl/N-ethyl adjacent to an activating group) is 1. The normalized spacial score (nSPS) is 26.5. The van der Waals surface area contributed by atoms with Crippen molar-refractivity contribution in [2.24, 2.45) is 0 Å². The molecule has 100 valence electrons. The molecular formula is C14H20BrFN2. The van der Waals surface area contributed by atoms with Crippen LogP contribution in [0.1, 0.15) is 19.4 Å². The summed E-state index contributed by atoms with van der Waals surface area (Å²) in [5.41, 5.74) is 1.16. The zero-order valence-corrected chi connectivity index (χ0v) is 12.7. The van der Waals surface area contributed by atoms with E-state index in [2.05, 4.69) is 46.6 Å². The van der Waals surface area contributed by atoms with Crippen LogP contribution in [-0.4, -0.2) is 42.0 Å². The maximum atomic E-state index is 13.2. The van der Waals surface area contributed by atoms with E-state index in [1.807, 2.05) is 12.1 Å². The van der Waals surface area contributed by atoms with E-state index in [1.54, 1.807) is 0 Å². The third-order valence-electron chi connectivity index (χ3n) is 3.83. The molecule has 1 saturated heterocycles. The lowest BCUT2D eigenvalue weighted by Crippen LogP contribution is -2.54. The molecule has 0 aromatic heterocycles. The van der Waals surface area contributed by atoms with Crippen molar-refractivity contribution >= 4 is 15.9 Å². The largest absolute Gasteiger partial charge is 0.298 e. The van der Waals surface area contributed by atoms with Crippen molar-refractivity contribution in [3.8, 4) is 0 Å². The van der Waals surface area contributed by atoms with Crippen LogP contribution < -0.4 is 0 Å². The van der Waals surface area contributed by atoms with Gasteiger partial charge in [-0.2, -0.15) is 0 Å². The van der Waals surface area contributed by atoms with E-state index in [0.29, 0.717) is 16.6 Å². The van der Waals surface area contributed by atoms with Crippen molar-refractivity contribution in [1.82, 2.24) is 9.80 Å². The van der Waals surface area contributed by atoms with Crippen LogP contribution in [0.4, 0.5) is 4.39 Å². The molecule has 2 rings (SSSR count). The summed E-state index contributed by atoms with van der Waals surface area (Å²) in [6.07, 6.45) is 0. The second-order valence-electron chi connectivity index (χ2n) is 5.31. The summed E-state index contributed by atoms with van der Waals surface area (Å²) < 4.78 is 13.7. The van der Waals surface area contributed by atoms with Gasteiger partial charge in [0.2, 0.25) is 0 Å². The first-order chi connectivity index (χ1) is 8.47. The van der Waals surface area contributed by atoms with E-state index < -0.39 is 0 Å². The van der Waals surface area contributed by atoms with Gasteiger partial charge in [-0.25, -0.2) is 4.39 Å². The first-order valence-electron chi connectivity index (χ1n) is 6.35. The number of hydrogen-bond donors (Lipinski definition) is 0. The highest BCUT2D eigenvalue weighted by Crippen LogP contribution is 2.20. The fourth-order valence-corrected chi connectivity index (χ4v) is 2.97. The van der Waals surface area contributed by atoms with Gasteiger partial charge in [0.25, 0.3) is 0 Å². The molecule has 1 fully saturated rings. The molecule has 0 spiro atoms. The van der Waals surface area contributed by atoms with E-state index in [1.165, 1.54) is 6.07 Å². The van der Waals surface area contributed by atoms with Gasteiger partial charge in [0, 0.05) is 31.7 Å². The molecule has 18 heavy (non-hydrogen) atoms. The van der Waals surface area contributed by atoms with Crippen molar-refractivity contribution in [2.45, 2.75) is 32.5 Å². The summed E-state index contributed by atoms with van der Waals surface area (Å²) in [5.74, 6) is -0.195. The second kappa shape index (κ2) is 5.68. The average molecular weight is 315 g/mol. The Bertz CT molecular complexity index is 412. The minimum Gasteiger partial charge on any atom is -0.298 e. The molecule has 2 nitrogen and oxygen atoms in total. The van der Waals surface area contributed by atoms with E-state index in [9.17, 15) is 4.39 Å². The number of benzene rings is 1. The molecule has 1 heterocycles. The fourth-order valence-electron chi connectivity index (χ4n) is 2.54. The van der Waals surface area contributed by atoms with Crippen LogP contribution in [0.25, 0.3) is 0 Å². The van der Waals surface area contributed by atoms with Gasteiger partial charge >= 0.3 is 0 Å². The Labute approximate surface area is 117 Å². The number of nitrogens with zero attached hydrogens (tertiary/aromatic N) is 2. The quantitative estimate of drug-likeness (QED) is 0.827. The van der Waals surface area contributed by atoms with Crippen molar-refractivity contribution < 1.29 is 4.39 Å². The average Bonchev–Trinajstić information content (AvgIpc) is 2.31. The van der Waals surface area contributed by atoms with Crippen LogP contribution in [0.5, 0.6) is 0 Å². The topological polar surface area (TPSA) is 6.48 Å². The van der Waals surface area contributed by atoms with Crippen molar-refractivity contribution in [2.75, 3.05) is 20.1 Å². The van der Waals surface area contributed by atoms with Crippen LogP contribution in [0, 0.1) is 5.82 Å². The minimum absolute atomic E-state index is 0.195. The SMILES string of the molecule is CC1CN(Cc2ccc(F)c(Br)c2)CC(C)N1C. The van der Waals surface area contributed by atoms with Crippen molar-refractivity contribution in [1.29, 1.82) is 0 Å². The molecule has 1 aliphatic heterocycles. The van der Waals surface area contributed by atoms with Crippen molar-refractivity contribution in [3.63, 3.8) is 0 Å². The predicted octanol–water partition coefficient (Wildman–Crippen LogP) is 3.11. The lowest BCUT2D eigenvalue weighted by molar-refractivity contribution is 0.0556. The third-order valence-corrected chi connectivity index (χ3v) is 4.43. The molecular weight excluding hydrogens is 295 g/mol. The predicted molar refractivity (Wildman–Crippen MR) is 76.1 cm³/mol. The van der Waals surface area contributed by atoms with Gasteiger partial charge in [-0.15, -0.1) is 0 Å². The number of hydrogen-bond acceptors (Lipinski definition) is 2. The molecule has 0 aliphatic carbocycles. The maximum absolute atomic E-state index is 13.2. The highest BCUT2D eigenvalue weighted by Gasteiger charge is 2.26. The molecule has 0 amide bonds. The zero-order valence-electron chi connectivity index (χ0n) is 11.2. The van der Waals surface area contributed by atoms with E-state index in [4.69, 9.17) is 0 Å². The summed E-state index contributed by atoms with van der Waals surface area (Å²) in [6.45, 7) is 7.53. The molecule has 4 heteroatoms. The van der Waals surface area contributed by atoms with E-state index in [0.717, 1.165) is 25.2 Å². The number of halogens is 2. The van der Waals surface area contributed by atoms with Gasteiger partial charge in [0.05, 0.1) is 4.47 Å². The van der Waals surface area contributed by atoms with Crippen LogP contribution in [0.2, 0.25) is 0 Å². The second-order valence-corrected chi connectivity index (χ2v) is 6.16. The highest BCUT2D eigenvalue weighted by molar-refractivity contribution is 9.10. The summed E-state index contributed by atoms with van der Waals surface area (Å²) in [6, 6.07) is 6.41. The first kappa shape index (κ1) is 14.0. The molecule has 1 aliphatic rings. The van der Waals surface area contributed by atoms with Gasteiger partial charge in [-0.1, -0.05) is 6.07 Å². The fraction of sp³-hybridized carbons (Fsp3) is 0.571. The summed E-state index contributed by atoms with van der Waals surface area (Å²) in [4.78, 5) is 4.85. The Hall–Kier alpha value is -0.450.